The standard InChI is InChI=1S/C15H15N3O3/c1-9-7-10(5-6-17-9)14(19)18(2)13-4-3-11(16)8-12(13)15(20)21/h3-8H,16H2,1-2H3,(H,20,21). The van der Waals surface area contributed by atoms with E-state index in [-0.39, 0.29) is 17.2 Å². The molecule has 0 atom stereocenters. The van der Waals surface area contributed by atoms with Gasteiger partial charge >= 0.3 is 5.97 Å². The summed E-state index contributed by atoms with van der Waals surface area (Å²) in [5.74, 6) is -1.45. The average Bonchev–Trinajstić information content (AvgIpc) is 2.45. The van der Waals surface area contributed by atoms with Crippen molar-refractivity contribution in [3.8, 4) is 0 Å². The highest BCUT2D eigenvalue weighted by Crippen LogP contribution is 2.23. The van der Waals surface area contributed by atoms with Crippen molar-refractivity contribution in [1.82, 2.24) is 4.98 Å². The van der Waals surface area contributed by atoms with Gasteiger partial charge in [-0.3, -0.25) is 9.78 Å². The highest BCUT2D eigenvalue weighted by molar-refractivity contribution is 6.09. The van der Waals surface area contributed by atoms with Crippen LogP contribution in [0.1, 0.15) is 26.4 Å². The topological polar surface area (TPSA) is 96.5 Å². The molecule has 1 amide bonds. The summed E-state index contributed by atoms with van der Waals surface area (Å²) in [6, 6.07) is 7.65. The zero-order valence-electron chi connectivity index (χ0n) is 11.7. The molecule has 1 heterocycles. The van der Waals surface area contributed by atoms with Crippen LogP contribution in [-0.4, -0.2) is 29.0 Å². The number of anilines is 2. The van der Waals surface area contributed by atoms with E-state index in [2.05, 4.69) is 4.98 Å². The first-order chi connectivity index (χ1) is 9.90. The number of nitrogen functional groups attached to an aromatic ring is 1. The Balaban J connectivity index is 2.42. The number of carbonyl (C=O) groups is 2. The molecule has 1 aromatic carbocycles. The summed E-state index contributed by atoms with van der Waals surface area (Å²) < 4.78 is 0. The SMILES string of the molecule is Cc1cc(C(=O)N(C)c2ccc(N)cc2C(=O)O)ccn1. The van der Waals surface area contributed by atoms with Crippen LogP contribution < -0.4 is 10.6 Å². The van der Waals surface area contributed by atoms with Crippen molar-refractivity contribution < 1.29 is 14.7 Å². The number of hydrogen-bond acceptors (Lipinski definition) is 4. The number of pyridine rings is 1. The van der Waals surface area contributed by atoms with Crippen LogP contribution in [0.15, 0.2) is 36.5 Å². The van der Waals surface area contributed by atoms with Crippen molar-refractivity contribution in [3.63, 3.8) is 0 Å². The molecule has 2 aromatic rings. The summed E-state index contributed by atoms with van der Waals surface area (Å²) >= 11 is 0. The number of hydrogen-bond donors (Lipinski definition) is 2. The maximum absolute atomic E-state index is 12.4. The van der Waals surface area contributed by atoms with E-state index in [4.69, 9.17) is 5.73 Å². The molecule has 0 fully saturated rings. The van der Waals surface area contributed by atoms with Crippen LogP contribution in [0, 0.1) is 6.92 Å². The van der Waals surface area contributed by atoms with Crippen LogP contribution in [0.5, 0.6) is 0 Å². The molecule has 0 saturated carbocycles. The predicted molar refractivity (Wildman–Crippen MR) is 79.5 cm³/mol. The quantitative estimate of drug-likeness (QED) is 0.840. The molecular weight excluding hydrogens is 270 g/mol. The number of rotatable bonds is 3. The maximum atomic E-state index is 12.4. The molecule has 6 nitrogen and oxygen atoms in total. The lowest BCUT2D eigenvalue weighted by Gasteiger charge is -2.20. The van der Waals surface area contributed by atoms with E-state index < -0.39 is 5.97 Å². The van der Waals surface area contributed by atoms with Gasteiger partial charge in [-0.25, -0.2) is 4.79 Å². The molecule has 0 spiro atoms. The van der Waals surface area contributed by atoms with Crippen LogP contribution in [0.2, 0.25) is 0 Å². The summed E-state index contributed by atoms with van der Waals surface area (Å²) in [5.41, 5.74) is 7.35. The molecule has 0 saturated heterocycles. The largest absolute Gasteiger partial charge is 0.478 e. The third-order valence-corrected chi connectivity index (χ3v) is 3.06. The van der Waals surface area contributed by atoms with E-state index in [1.807, 2.05) is 0 Å². The molecule has 0 radical (unpaired) electrons. The van der Waals surface area contributed by atoms with Gasteiger partial charge in [-0.15, -0.1) is 0 Å². The van der Waals surface area contributed by atoms with Gasteiger partial charge in [-0.2, -0.15) is 0 Å². The molecule has 0 bridgehead atoms. The third kappa shape index (κ3) is 3.00. The summed E-state index contributed by atoms with van der Waals surface area (Å²) in [4.78, 5) is 29.0. The Morgan fingerprint density at radius 2 is 1.95 bits per heavy atom. The number of aryl methyl sites for hydroxylation is 1. The van der Waals surface area contributed by atoms with Crippen molar-refractivity contribution in [2.24, 2.45) is 0 Å². The van der Waals surface area contributed by atoms with Crippen LogP contribution >= 0.6 is 0 Å². The van der Waals surface area contributed by atoms with Crippen LogP contribution in [0.25, 0.3) is 0 Å². The van der Waals surface area contributed by atoms with Crippen LogP contribution in [0.4, 0.5) is 11.4 Å². The van der Waals surface area contributed by atoms with Crippen molar-refractivity contribution in [2.45, 2.75) is 6.92 Å². The van der Waals surface area contributed by atoms with E-state index in [1.165, 1.54) is 30.3 Å². The summed E-state index contributed by atoms with van der Waals surface area (Å²) in [7, 11) is 1.52. The third-order valence-electron chi connectivity index (χ3n) is 3.06. The van der Waals surface area contributed by atoms with Gasteiger partial charge in [-0.1, -0.05) is 0 Å². The Bertz CT molecular complexity index is 713. The van der Waals surface area contributed by atoms with Crippen LogP contribution in [0.3, 0.4) is 0 Å². The zero-order valence-corrected chi connectivity index (χ0v) is 11.7. The fourth-order valence-corrected chi connectivity index (χ4v) is 2.00. The number of aromatic carboxylic acids is 1. The molecule has 0 aliphatic heterocycles. The molecule has 6 heteroatoms. The van der Waals surface area contributed by atoms with Gasteiger partial charge in [0.05, 0.1) is 11.3 Å². The Morgan fingerprint density at radius 1 is 1.24 bits per heavy atom. The second-order valence-corrected chi connectivity index (χ2v) is 4.63. The minimum Gasteiger partial charge on any atom is -0.478 e. The Morgan fingerprint density at radius 3 is 2.57 bits per heavy atom. The smallest absolute Gasteiger partial charge is 0.337 e. The van der Waals surface area contributed by atoms with Gasteiger partial charge in [0.15, 0.2) is 0 Å². The average molecular weight is 285 g/mol. The predicted octanol–water partition coefficient (Wildman–Crippen LogP) is 1.95. The second kappa shape index (κ2) is 5.62. The Kier molecular flexibility index (Phi) is 3.89. The molecule has 0 aliphatic rings. The van der Waals surface area contributed by atoms with Gasteiger partial charge in [0.25, 0.3) is 5.91 Å². The van der Waals surface area contributed by atoms with Crippen molar-refractivity contribution in [1.29, 1.82) is 0 Å². The molecule has 0 aliphatic carbocycles. The van der Waals surface area contributed by atoms with Crippen molar-refractivity contribution in [3.05, 3.63) is 53.3 Å². The molecular formula is C15H15N3O3. The molecule has 1 aromatic heterocycles. The number of benzene rings is 1. The molecule has 2 rings (SSSR count). The fraction of sp³-hybridized carbons (Fsp3) is 0.133. The van der Waals surface area contributed by atoms with E-state index in [9.17, 15) is 14.7 Å². The Hall–Kier alpha value is -2.89. The number of nitrogens with zero attached hydrogens (tertiary/aromatic N) is 2. The summed E-state index contributed by atoms with van der Waals surface area (Å²) in [6.07, 6.45) is 1.54. The number of carboxylic acid groups (broad SMARTS) is 1. The Labute approximate surface area is 121 Å². The number of carboxylic acids is 1. The van der Waals surface area contributed by atoms with Crippen LogP contribution in [-0.2, 0) is 0 Å². The summed E-state index contributed by atoms with van der Waals surface area (Å²) in [6.45, 7) is 1.78. The lowest BCUT2D eigenvalue weighted by atomic mass is 10.1. The molecule has 108 valence electrons. The molecule has 0 unspecified atom stereocenters. The van der Waals surface area contributed by atoms with Gasteiger partial charge < -0.3 is 15.7 Å². The van der Waals surface area contributed by atoms with Crippen molar-refractivity contribution >= 4 is 23.3 Å². The fourth-order valence-electron chi connectivity index (χ4n) is 2.00. The molecule has 3 N–H and O–H groups in total. The number of nitrogens with two attached hydrogens (primary N) is 1. The summed E-state index contributed by atoms with van der Waals surface area (Å²) in [5, 5.41) is 9.23. The monoisotopic (exact) mass is 285 g/mol. The lowest BCUT2D eigenvalue weighted by Crippen LogP contribution is -2.28. The van der Waals surface area contributed by atoms with Gasteiger partial charge in [0.1, 0.15) is 0 Å². The second-order valence-electron chi connectivity index (χ2n) is 4.63. The highest BCUT2D eigenvalue weighted by Gasteiger charge is 2.20. The van der Waals surface area contributed by atoms with E-state index in [1.54, 1.807) is 25.1 Å². The number of aromatic nitrogens is 1. The van der Waals surface area contributed by atoms with E-state index in [0.717, 1.165) is 0 Å². The van der Waals surface area contributed by atoms with Crippen molar-refractivity contribution in [2.75, 3.05) is 17.7 Å². The highest BCUT2D eigenvalue weighted by atomic mass is 16.4. The first kappa shape index (κ1) is 14.5. The van der Waals surface area contributed by atoms with Gasteiger partial charge in [-0.05, 0) is 37.3 Å². The lowest BCUT2D eigenvalue weighted by molar-refractivity contribution is 0.0698. The van der Waals surface area contributed by atoms with Gasteiger partial charge in [0.2, 0.25) is 0 Å². The maximum Gasteiger partial charge on any atom is 0.337 e. The normalized spacial score (nSPS) is 10.2. The van der Waals surface area contributed by atoms with Gasteiger partial charge in [0, 0.05) is 30.2 Å². The number of carbonyl (C=O) groups excluding carboxylic acids is 1. The first-order valence-corrected chi connectivity index (χ1v) is 6.23. The first-order valence-electron chi connectivity index (χ1n) is 6.23. The zero-order chi connectivity index (χ0) is 15.6. The van der Waals surface area contributed by atoms with E-state index in [0.29, 0.717) is 16.9 Å². The van der Waals surface area contributed by atoms with E-state index >= 15 is 0 Å². The molecule has 21 heavy (non-hydrogen) atoms. The number of amides is 1. The minimum absolute atomic E-state index is 0.0170. The minimum atomic E-state index is -1.14.